The fraction of sp³-hybridized carbons (Fsp3) is 0.786. The molecule has 0 spiro atoms. The van der Waals surface area contributed by atoms with Gasteiger partial charge in [-0.05, 0) is 44.7 Å². The summed E-state index contributed by atoms with van der Waals surface area (Å²) in [6, 6.07) is 0. The molecule has 1 unspecified atom stereocenters. The topological polar surface area (TPSA) is 29.9 Å². The number of aromatic nitrogens is 2. The van der Waals surface area contributed by atoms with E-state index in [0.29, 0.717) is 5.92 Å². The van der Waals surface area contributed by atoms with Crippen molar-refractivity contribution in [3.8, 4) is 0 Å². The maximum Gasteiger partial charge on any atom is 0.0849 e. The van der Waals surface area contributed by atoms with Crippen LogP contribution >= 0.6 is 11.6 Å². The highest BCUT2D eigenvalue weighted by molar-refractivity contribution is 6.31. The molecule has 0 aromatic carbocycles. The zero-order valence-corrected chi connectivity index (χ0v) is 12.8. The summed E-state index contributed by atoms with van der Waals surface area (Å²) in [7, 11) is 1.99. The van der Waals surface area contributed by atoms with Crippen molar-refractivity contribution in [1.82, 2.24) is 15.1 Å². The van der Waals surface area contributed by atoms with E-state index in [1.54, 1.807) is 0 Å². The minimum atomic E-state index is 0.631. The zero-order valence-electron chi connectivity index (χ0n) is 12.1. The van der Waals surface area contributed by atoms with Crippen molar-refractivity contribution in [3.63, 3.8) is 0 Å². The first kappa shape index (κ1) is 15.5. The maximum atomic E-state index is 6.36. The zero-order chi connectivity index (χ0) is 13.5. The van der Waals surface area contributed by atoms with E-state index < -0.39 is 0 Å². The van der Waals surface area contributed by atoms with E-state index in [4.69, 9.17) is 11.6 Å². The van der Waals surface area contributed by atoms with E-state index in [-0.39, 0.29) is 0 Å². The first-order valence-electron chi connectivity index (χ1n) is 7.01. The van der Waals surface area contributed by atoms with Crippen LogP contribution in [-0.4, -0.2) is 22.9 Å². The largest absolute Gasteiger partial charge is 0.317 e. The average molecular weight is 272 g/mol. The van der Waals surface area contributed by atoms with Gasteiger partial charge in [-0.25, -0.2) is 0 Å². The highest BCUT2D eigenvalue weighted by Crippen LogP contribution is 2.24. The Bertz CT molecular complexity index is 360. The Balaban J connectivity index is 2.48. The first-order valence-corrected chi connectivity index (χ1v) is 7.38. The lowest BCUT2D eigenvalue weighted by atomic mass is 10.0. The molecule has 1 aromatic heterocycles. The predicted octanol–water partition coefficient (Wildman–Crippen LogP) is 3.20. The second-order valence-corrected chi connectivity index (χ2v) is 5.41. The fourth-order valence-corrected chi connectivity index (χ4v) is 2.49. The summed E-state index contributed by atoms with van der Waals surface area (Å²) in [5.41, 5.74) is 2.20. The van der Waals surface area contributed by atoms with Crippen molar-refractivity contribution in [2.24, 2.45) is 13.0 Å². The Hall–Kier alpha value is -0.540. The number of halogens is 1. The SMILES string of the molecule is CCCNCCC(C)Cc1c(Cl)c(CC)nn1C. The molecule has 0 aliphatic carbocycles. The van der Waals surface area contributed by atoms with Gasteiger partial charge in [-0.1, -0.05) is 32.4 Å². The summed E-state index contributed by atoms with van der Waals surface area (Å²) in [6.45, 7) is 8.76. The molecule has 1 atom stereocenters. The third-order valence-electron chi connectivity index (χ3n) is 3.29. The van der Waals surface area contributed by atoms with Crippen LogP contribution in [0.2, 0.25) is 5.02 Å². The normalized spacial score (nSPS) is 12.9. The summed E-state index contributed by atoms with van der Waals surface area (Å²) < 4.78 is 1.94. The smallest absolute Gasteiger partial charge is 0.0849 e. The van der Waals surface area contributed by atoms with Gasteiger partial charge in [-0.15, -0.1) is 0 Å². The fourth-order valence-electron chi connectivity index (χ4n) is 2.12. The predicted molar refractivity (Wildman–Crippen MR) is 78.2 cm³/mol. The molecule has 0 amide bonds. The van der Waals surface area contributed by atoms with Crippen molar-refractivity contribution in [2.45, 2.75) is 46.5 Å². The van der Waals surface area contributed by atoms with Crippen molar-refractivity contribution in [3.05, 3.63) is 16.4 Å². The Labute approximate surface area is 116 Å². The summed E-state index contributed by atoms with van der Waals surface area (Å²) in [5.74, 6) is 0.631. The molecular formula is C14H26ClN3. The van der Waals surface area contributed by atoms with E-state index >= 15 is 0 Å². The second-order valence-electron chi connectivity index (χ2n) is 5.03. The first-order chi connectivity index (χ1) is 8.60. The van der Waals surface area contributed by atoms with Gasteiger partial charge in [0.2, 0.25) is 0 Å². The van der Waals surface area contributed by atoms with Gasteiger partial charge < -0.3 is 5.32 Å². The van der Waals surface area contributed by atoms with E-state index in [1.165, 1.54) is 18.5 Å². The molecule has 0 bridgehead atoms. The van der Waals surface area contributed by atoms with Crippen LogP contribution in [0.25, 0.3) is 0 Å². The average Bonchev–Trinajstić information content (AvgIpc) is 2.62. The van der Waals surface area contributed by atoms with Gasteiger partial charge >= 0.3 is 0 Å². The van der Waals surface area contributed by atoms with E-state index in [1.807, 2.05) is 11.7 Å². The molecule has 0 aliphatic rings. The van der Waals surface area contributed by atoms with E-state index in [9.17, 15) is 0 Å². The molecule has 0 radical (unpaired) electrons. The standard InChI is InChI=1S/C14H26ClN3/c1-5-8-16-9-7-11(3)10-13-14(15)12(6-2)17-18(13)4/h11,16H,5-10H2,1-4H3. The van der Waals surface area contributed by atoms with Gasteiger partial charge in [0.25, 0.3) is 0 Å². The molecular weight excluding hydrogens is 246 g/mol. The van der Waals surface area contributed by atoms with E-state index in [0.717, 1.165) is 36.6 Å². The van der Waals surface area contributed by atoms with Crippen molar-refractivity contribution < 1.29 is 0 Å². The number of aryl methyl sites for hydroxylation is 2. The number of nitrogens with one attached hydrogen (secondary N) is 1. The van der Waals surface area contributed by atoms with Crippen LogP contribution in [0.3, 0.4) is 0 Å². The summed E-state index contributed by atoms with van der Waals surface area (Å²) >= 11 is 6.36. The molecule has 1 aromatic rings. The van der Waals surface area contributed by atoms with Crippen LogP contribution in [0, 0.1) is 5.92 Å². The lowest BCUT2D eigenvalue weighted by molar-refractivity contribution is 0.484. The van der Waals surface area contributed by atoms with Crippen LogP contribution in [0.5, 0.6) is 0 Å². The van der Waals surface area contributed by atoms with Crippen LogP contribution in [0.1, 0.15) is 45.0 Å². The number of nitrogens with zero attached hydrogens (tertiary/aromatic N) is 2. The Morgan fingerprint density at radius 2 is 2.06 bits per heavy atom. The molecule has 0 saturated carbocycles. The van der Waals surface area contributed by atoms with Gasteiger partial charge in [-0.2, -0.15) is 5.10 Å². The van der Waals surface area contributed by atoms with E-state index in [2.05, 4.69) is 31.2 Å². The molecule has 0 fully saturated rings. The highest BCUT2D eigenvalue weighted by Gasteiger charge is 2.15. The van der Waals surface area contributed by atoms with Gasteiger partial charge in [-0.3, -0.25) is 4.68 Å². The summed E-state index contributed by atoms with van der Waals surface area (Å²) in [5, 5.41) is 8.77. The van der Waals surface area contributed by atoms with Crippen LogP contribution in [0.15, 0.2) is 0 Å². The highest BCUT2D eigenvalue weighted by atomic mass is 35.5. The monoisotopic (exact) mass is 271 g/mol. The van der Waals surface area contributed by atoms with Crippen molar-refractivity contribution >= 4 is 11.6 Å². The minimum Gasteiger partial charge on any atom is -0.317 e. The maximum absolute atomic E-state index is 6.36. The lowest BCUT2D eigenvalue weighted by Gasteiger charge is -2.12. The Morgan fingerprint density at radius 1 is 1.33 bits per heavy atom. The van der Waals surface area contributed by atoms with Crippen LogP contribution in [-0.2, 0) is 19.9 Å². The van der Waals surface area contributed by atoms with Gasteiger partial charge in [0.15, 0.2) is 0 Å². The molecule has 18 heavy (non-hydrogen) atoms. The van der Waals surface area contributed by atoms with Gasteiger partial charge in [0.05, 0.1) is 16.4 Å². The molecule has 1 N–H and O–H groups in total. The minimum absolute atomic E-state index is 0.631. The van der Waals surface area contributed by atoms with Crippen molar-refractivity contribution in [2.75, 3.05) is 13.1 Å². The summed E-state index contributed by atoms with van der Waals surface area (Å²) in [4.78, 5) is 0. The van der Waals surface area contributed by atoms with Crippen molar-refractivity contribution in [1.29, 1.82) is 0 Å². The Kier molecular flexibility index (Phi) is 6.72. The number of rotatable bonds is 8. The molecule has 104 valence electrons. The number of hydrogen-bond donors (Lipinski definition) is 1. The van der Waals surface area contributed by atoms with Gasteiger partial charge in [0.1, 0.15) is 0 Å². The molecule has 3 nitrogen and oxygen atoms in total. The quantitative estimate of drug-likeness (QED) is 0.736. The summed E-state index contributed by atoms with van der Waals surface area (Å²) in [6.07, 6.45) is 4.29. The third kappa shape index (κ3) is 4.29. The second kappa shape index (κ2) is 7.80. The third-order valence-corrected chi connectivity index (χ3v) is 3.72. The molecule has 1 heterocycles. The molecule has 0 saturated heterocycles. The van der Waals surface area contributed by atoms with Gasteiger partial charge in [0, 0.05) is 7.05 Å². The molecule has 4 heteroatoms. The Morgan fingerprint density at radius 3 is 2.61 bits per heavy atom. The molecule has 0 aliphatic heterocycles. The number of hydrogen-bond acceptors (Lipinski definition) is 2. The lowest BCUT2D eigenvalue weighted by Crippen LogP contribution is -2.19. The van der Waals surface area contributed by atoms with Crippen LogP contribution in [0.4, 0.5) is 0 Å². The van der Waals surface area contributed by atoms with Crippen LogP contribution < -0.4 is 5.32 Å². The molecule has 1 rings (SSSR count).